The number of aromatic nitrogens is 3. The lowest BCUT2D eigenvalue weighted by Crippen LogP contribution is -2.35. The number of rotatable bonds is 11. The average Bonchev–Trinajstić information content (AvgIpc) is 3.18. The lowest BCUT2D eigenvalue weighted by Gasteiger charge is -2.18. The second-order valence-electron chi connectivity index (χ2n) is 8.25. The van der Waals surface area contributed by atoms with Crippen molar-refractivity contribution in [3.05, 3.63) is 72.2 Å². The Morgan fingerprint density at radius 2 is 1.88 bits per heavy atom. The normalized spacial score (nSPS) is 12.2. The maximum atomic E-state index is 11.3. The summed E-state index contributed by atoms with van der Waals surface area (Å²) in [5, 5.41) is 12.9. The number of imidazole rings is 1. The Morgan fingerprint density at radius 1 is 1.09 bits per heavy atom. The fourth-order valence-electron chi connectivity index (χ4n) is 4.14. The van der Waals surface area contributed by atoms with Crippen molar-refractivity contribution < 1.29 is 14.7 Å². The van der Waals surface area contributed by atoms with Crippen LogP contribution in [0.4, 0.5) is 4.79 Å². The van der Waals surface area contributed by atoms with Gasteiger partial charge >= 0.3 is 6.09 Å². The zero-order chi connectivity index (χ0) is 23.0. The highest BCUT2D eigenvalue weighted by Crippen LogP contribution is 2.24. The van der Waals surface area contributed by atoms with Crippen LogP contribution in [0.5, 0.6) is 0 Å². The summed E-state index contributed by atoms with van der Waals surface area (Å²) >= 11 is 0. The van der Waals surface area contributed by atoms with Gasteiger partial charge in [-0.25, -0.2) is 9.78 Å². The highest BCUT2D eigenvalue weighted by molar-refractivity contribution is 6.02. The molecule has 0 bridgehead atoms. The first-order chi connectivity index (χ1) is 16.2. The van der Waals surface area contributed by atoms with Crippen LogP contribution in [-0.4, -0.2) is 38.5 Å². The van der Waals surface area contributed by atoms with Crippen molar-refractivity contribution in [1.82, 2.24) is 20.0 Å². The molecule has 0 aliphatic rings. The fourth-order valence-corrected chi connectivity index (χ4v) is 4.14. The maximum absolute atomic E-state index is 11.3. The lowest BCUT2D eigenvalue weighted by atomic mass is 10.0. The van der Waals surface area contributed by atoms with Gasteiger partial charge < -0.3 is 15.3 Å². The highest BCUT2D eigenvalue weighted by atomic mass is 16.7. The van der Waals surface area contributed by atoms with Crippen LogP contribution in [0.15, 0.2) is 60.8 Å². The molecule has 7 heteroatoms. The zero-order valence-corrected chi connectivity index (χ0v) is 18.9. The van der Waals surface area contributed by atoms with Crippen LogP contribution < -0.4 is 10.2 Å². The smallest absolute Gasteiger partial charge is 0.404 e. The first-order valence-electron chi connectivity index (χ1n) is 11.6. The molecule has 2 heterocycles. The molecule has 1 unspecified atom stereocenters. The molecule has 1 amide bonds. The number of para-hydroxylation sites is 1. The number of fused-ring (bicyclic) bond motifs is 3. The number of pyridine rings is 1. The number of hydrogen-bond acceptors (Lipinski definition) is 4. The molecule has 0 saturated heterocycles. The average molecular weight is 447 g/mol. The molecule has 33 heavy (non-hydrogen) atoms. The van der Waals surface area contributed by atoms with Gasteiger partial charge in [-0.05, 0) is 37.3 Å². The Morgan fingerprint density at radius 3 is 2.67 bits per heavy atom. The van der Waals surface area contributed by atoms with E-state index in [-0.39, 0.29) is 6.04 Å². The number of nitrogens with one attached hydrogen (secondary N) is 1. The van der Waals surface area contributed by atoms with Crippen molar-refractivity contribution in [2.24, 2.45) is 0 Å². The van der Waals surface area contributed by atoms with Gasteiger partial charge in [0.1, 0.15) is 23.5 Å². The van der Waals surface area contributed by atoms with Gasteiger partial charge in [0.15, 0.2) is 0 Å². The molecule has 0 aliphatic heterocycles. The SMILES string of the molecule is CCCCc1nc2cnc3ccccc3c2n1OCCCC(Cc1ccccc1)NC(=O)O. The minimum atomic E-state index is -1.00. The molecule has 172 valence electrons. The maximum Gasteiger partial charge on any atom is 0.404 e. The van der Waals surface area contributed by atoms with Crippen LogP contribution >= 0.6 is 0 Å². The summed E-state index contributed by atoms with van der Waals surface area (Å²) in [5.74, 6) is 0.898. The Labute approximate surface area is 193 Å². The lowest BCUT2D eigenvalue weighted by molar-refractivity contribution is 0.107. The summed E-state index contributed by atoms with van der Waals surface area (Å²) in [7, 11) is 0. The van der Waals surface area contributed by atoms with Crippen molar-refractivity contribution in [3.8, 4) is 0 Å². The van der Waals surface area contributed by atoms with Crippen molar-refractivity contribution in [3.63, 3.8) is 0 Å². The van der Waals surface area contributed by atoms with E-state index in [2.05, 4.69) is 17.2 Å². The largest absolute Gasteiger partial charge is 0.465 e. The minimum Gasteiger partial charge on any atom is -0.465 e. The molecule has 1 atom stereocenters. The summed E-state index contributed by atoms with van der Waals surface area (Å²) in [6, 6.07) is 17.8. The number of carboxylic acid groups (broad SMARTS) is 1. The van der Waals surface area contributed by atoms with E-state index in [4.69, 9.17) is 9.82 Å². The van der Waals surface area contributed by atoms with Crippen molar-refractivity contribution in [2.75, 3.05) is 6.61 Å². The van der Waals surface area contributed by atoms with E-state index in [1.165, 1.54) is 0 Å². The van der Waals surface area contributed by atoms with E-state index >= 15 is 0 Å². The number of unbranched alkanes of at least 4 members (excludes halogenated alkanes) is 1. The van der Waals surface area contributed by atoms with Gasteiger partial charge in [0.25, 0.3) is 0 Å². The molecule has 4 rings (SSSR count). The quantitative estimate of drug-likeness (QED) is 0.316. The monoisotopic (exact) mass is 446 g/mol. The van der Waals surface area contributed by atoms with Crippen molar-refractivity contribution in [1.29, 1.82) is 0 Å². The Hall–Kier alpha value is -3.61. The van der Waals surface area contributed by atoms with Gasteiger partial charge in [-0.15, -0.1) is 0 Å². The fraction of sp³-hybridized carbons (Fsp3) is 0.346. The van der Waals surface area contributed by atoms with Crippen LogP contribution in [0, 0.1) is 0 Å². The second-order valence-corrected chi connectivity index (χ2v) is 8.25. The third-order valence-electron chi connectivity index (χ3n) is 5.74. The topological polar surface area (TPSA) is 89.3 Å². The van der Waals surface area contributed by atoms with E-state index in [9.17, 15) is 9.90 Å². The van der Waals surface area contributed by atoms with Gasteiger partial charge in [0.05, 0.1) is 11.7 Å². The van der Waals surface area contributed by atoms with Gasteiger partial charge in [-0.1, -0.05) is 61.9 Å². The molecular weight excluding hydrogens is 416 g/mol. The number of benzene rings is 2. The third kappa shape index (κ3) is 5.61. The Kier molecular flexibility index (Phi) is 7.40. The van der Waals surface area contributed by atoms with Crippen LogP contribution in [-0.2, 0) is 12.8 Å². The van der Waals surface area contributed by atoms with E-state index < -0.39 is 6.09 Å². The number of aryl methyl sites for hydroxylation is 1. The van der Waals surface area contributed by atoms with Gasteiger partial charge in [-0.2, -0.15) is 4.73 Å². The van der Waals surface area contributed by atoms with Gasteiger partial charge in [-0.3, -0.25) is 4.98 Å². The first kappa shape index (κ1) is 22.6. The first-order valence-corrected chi connectivity index (χ1v) is 11.6. The number of hydrogen-bond donors (Lipinski definition) is 2. The summed E-state index contributed by atoms with van der Waals surface area (Å²) in [4.78, 5) is 26.9. The summed E-state index contributed by atoms with van der Waals surface area (Å²) in [5.41, 5.74) is 3.79. The van der Waals surface area contributed by atoms with E-state index in [0.29, 0.717) is 25.9 Å². The molecule has 2 aromatic carbocycles. The second kappa shape index (κ2) is 10.8. The van der Waals surface area contributed by atoms with Crippen LogP contribution in [0.25, 0.3) is 21.9 Å². The molecule has 2 aromatic heterocycles. The highest BCUT2D eigenvalue weighted by Gasteiger charge is 2.16. The van der Waals surface area contributed by atoms with E-state index in [1.807, 2.05) is 59.3 Å². The standard InChI is InChI=1S/C26H30N4O3/c1-2-3-15-24-29-23-18-27-22-14-8-7-13-21(22)25(23)30(24)33-16-9-12-20(28-26(31)32)17-19-10-5-4-6-11-19/h4-8,10-11,13-14,18,20,28H,2-3,9,12,15-17H2,1H3,(H,31,32). The Bertz CT molecular complexity index is 1210. The molecule has 0 spiro atoms. The summed E-state index contributed by atoms with van der Waals surface area (Å²) < 4.78 is 1.87. The number of amides is 1. The predicted octanol–water partition coefficient (Wildman–Crippen LogP) is 5.01. The van der Waals surface area contributed by atoms with Gasteiger partial charge in [0.2, 0.25) is 0 Å². The molecular formula is C26H30N4O3. The molecule has 0 fully saturated rings. The third-order valence-corrected chi connectivity index (χ3v) is 5.74. The Balaban J connectivity index is 1.49. The van der Waals surface area contributed by atoms with Crippen molar-refractivity contribution in [2.45, 2.75) is 51.5 Å². The molecule has 2 N–H and O–H groups in total. The molecule has 0 aliphatic carbocycles. The van der Waals surface area contributed by atoms with E-state index in [0.717, 1.165) is 52.6 Å². The van der Waals surface area contributed by atoms with E-state index in [1.54, 1.807) is 6.20 Å². The zero-order valence-electron chi connectivity index (χ0n) is 18.9. The molecule has 4 aromatic rings. The van der Waals surface area contributed by atoms with Crippen molar-refractivity contribution >= 4 is 28.0 Å². The summed E-state index contributed by atoms with van der Waals surface area (Å²) in [6.45, 7) is 2.63. The summed E-state index contributed by atoms with van der Waals surface area (Å²) in [6.07, 6.45) is 5.78. The number of carbonyl (C=O) groups is 1. The predicted molar refractivity (Wildman–Crippen MR) is 129 cm³/mol. The molecule has 0 radical (unpaired) electrons. The van der Waals surface area contributed by atoms with Crippen LogP contribution in [0.1, 0.15) is 44.0 Å². The number of nitrogens with zero attached hydrogens (tertiary/aromatic N) is 3. The van der Waals surface area contributed by atoms with Gasteiger partial charge in [0, 0.05) is 17.8 Å². The molecule has 7 nitrogen and oxygen atoms in total. The van der Waals surface area contributed by atoms with Crippen LogP contribution in [0.3, 0.4) is 0 Å². The molecule has 0 saturated carbocycles. The van der Waals surface area contributed by atoms with Crippen LogP contribution in [0.2, 0.25) is 0 Å². The minimum absolute atomic E-state index is 0.169.